The van der Waals surface area contributed by atoms with E-state index in [1.165, 1.54) is 0 Å². The first kappa shape index (κ1) is 15.6. The van der Waals surface area contributed by atoms with Crippen molar-refractivity contribution in [3.63, 3.8) is 0 Å². The third-order valence-corrected chi connectivity index (χ3v) is 5.21. The van der Waals surface area contributed by atoms with Crippen LogP contribution in [0.15, 0.2) is 35.2 Å². The van der Waals surface area contributed by atoms with Gasteiger partial charge in [0.05, 0.1) is 5.75 Å². The van der Waals surface area contributed by atoms with Crippen molar-refractivity contribution in [3.8, 4) is 0 Å². The fourth-order valence-electron chi connectivity index (χ4n) is 1.65. The van der Waals surface area contributed by atoms with Crippen molar-refractivity contribution in [1.82, 2.24) is 5.32 Å². The fraction of sp³-hybridized carbons (Fsp3) is 0.500. The molecule has 0 atom stereocenters. The summed E-state index contributed by atoms with van der Waals surface area (Å²) in [7, 11) is 0. The summed E-state index contributed by atoms with van der Waals surface area (Å²) in [5.41, 5.74) is -0.103. The van der Waals surface area contributed by atoms with Crippen LogP contribution in [0.5, 0.6) is 0 Å². The van der Waals surface area contributed by atoms with E-state index in [0.717, 1.165) is 23.1 Å². The molecular formula is C14H20BrNOS. The monoisotopic (exact) mass is 329 g/mol. The molecule has 0 radical (unpaired) electrons. The number of hydrogen-bond donors (Lipinski definition) is 1. The smallest absolute Gasteiger partial charge is 0.230 e. The molecule has 1 N–H and O–H groups in total. The lowest BCUT2D eigenvalue weighted by Crippen LogP contribution is -2.49. The van der Waals surface area contributed by atoms with Crippen LogP contribution in [0.2, 0.25) is 0 Å². The largest absolute Gasteiger partial charge is 0.349 e. The van der Waals surface area contributed by atoms with Crippen molar-refractivity contribution < 1.29 is 4.79 Å². The lowest BCUT2D eigenvalue weighted by atomic mass is 9.95. The number of carbonyl (C=O) groups is 1. The van der Waals surface area contributed by atoms with Crippen LogP contribution in [-0.4, -0.2) is 22.5 Å². The van der Waals surface area contributed by atoms with E-state index in [2.05, 4.69) is 35.1 Å². The average Bonchev–Trinajstić information content (AvgIpc) is 2.44. The number of rotatable bonds is 7. The Kier molecular flexibility index (Phi) is 6.79. The van der Waals surface area contributed by atoms with E-state index < -0.39 is 0 Å². The molecule has 1 amide bonds. The third-order valence-electron chi connectivity index (χ3n) is 3.13. The molecule has 18 heavy (non-hydrogen) atoms. The molecule has 0 saturated carbocycles. The van der Waals surface area contributed by atoms with Crippen LogP contribution in [0, 0.1) is 0 Å². The molecular weight excluding hydrogens is 310 g/mol. The normalized spacial score (nSPS) is 11.3. The Bertz CT molecular complexity index is 357. The summed E-state index contributed by atoms with van der Waals surface area (Å²) in [4.78, 5) is 13.1. The minimum absolute atomic E-state index is 0.103. The molecule has 0 aliphatic heterocycles. The molecule has 0 unspecified atom stereocenters. The highest BCUT2D eigenvalue weighted by atomic mass is 79.9. The lowest BCUT2D eigenvalue weighted by Gasteiger charge is -2.30. The van der Waals surface area contributed by atoms with E-state index in [4.69, 9.17) is 0 Å². The Morgan fingerprint density at radius 1 is 1.28 bits per heavy atom. The zero-order chi connectivity index (χ0) is 13.4. The van der Waals surface area contributed by atoms with Crippen molar-refractivity contribution in [3.05, 3.63) is 30.3 Å². The molecule has 1 aromatic carbocycles. The van der Waals surface area contributed by atoms with Gasteiger partial charge in [0, 0.05) is 15.8 Å². The number of halogens is 1. The topological polar surface area (TPSA) is 29.1 Å². The van der Waals surface area contributed by atoms with Gasteiger partial charge in [-0.3, -0.25) is 4.79 Å². The van der Waals surface area contributed by atoms with Gasteiger partial charge in [0.1, 0.15) is 0 Å². The van der Waals surface area contributed by atoms with Crippen molar-refractivity contribution >= 4 is 33.6 Å². The minimum Gasteiger partial charge on any atom is -0.349 e. The van der Waals surface area contributed by atoms with Crippen molar-refractivity contribution in [2.45, 2.75) is 37.1 Å². The van der Waals surface area contributed by atoms with E-state index in [-0.39, 0.29) is 11.4 Å². The van der Waals surface area contributed by atoms with Crippen LogP contribution in [-0.2, 0) is 4.79 Å². The van der Waals surface area contributed by atoms with Gasteiger partial charge in [-0.2, -0.15) is 0 Å². The number of amides is 1. The molecule has 1 aromatic rings. The first-order chi connectivity index (χ1) is 8.65. The van der Waals surface area contributed by atoms with E-state index in [0.29, 0.717) is 5.75 Å². The van der Waals surface area contributed by atoms with E-state index in [9.17, 15) is 4.79 Å². The van der Waals surface area contributed by atoms with Gasteiger partial charge < -0.3 is 5.32 Å². The Balaban J connectivity index is 2.46. The number of thioether (sulfide) groups is 1. The number of nitrogens with one attached hydrogen (secondary N) is 1. The summed E-state index contributed by atoms with van der Waals surface area (Å²) in [6.45, 7) is 4.21. The van der Waals surface area contributed by atoms with Gasteiger partial charge in [0.2, 0.25) is 5.91 Å². The van der Waals surface area contributed by atoms with Gasteiger partial charge >= 0.3 is 0 Å². The van der Waals surface area contributed by atoms with Crippen LogP contribution in [0.3, 0.4) is 0 Å². The molecule has 0 saturated heterocycles. The second-order valence-electron chi connectivity index (χ2n) is 4.27. The summed E-state index contributed by atoms with van der Waals surface area (Å²) in [6, 6.07) is 10.0. The Hall–Kier alpha value is -0.480. The molecule has 0 aliphatic rings. The highest BCUT2D eigenvalue weighted by Gasteiger charge is 2.26. The molecule has 4 heteroatoms. The second-order valence-corrected chi connectivity index (χ2v) is 5.88. The van der Waals surface area contributed by atoms with Crippen LogP contribution in [0.25, 0.3) is 0 Å². The maximum Gasteiger partial charge on any atom is 0.230 e. The highest BCUT2D eigenvalue weighted by molar-refractivity contribution is 9.09. The molecule has 0 spiro atoms. The van der Waals surface area contributed by atoms with Gasteiger partial charge in [0.15, 0.2) is 0 Å². The zero-order valence-corrected chi connectivity index (χ0v) is 13.3. The number of alkyl halides is 1. The summed E-state index contributed by atoms with van der Waals surface area (Å²) in [5, 5.41) is 3.94. The van der Waals surface area contributed by atoms with Crippen LogP contribution in [0.1, 0.15) is 26.7 Å². The molecule has 100 valence electrons. The average molecular weight is 330 g/mol. The Labute approximate surface area is 122 Å². The van der Waals surface area contributed by atoms with E-state index in [1.807, 2.05) is 30.3 Å². The predicted octanol–water partition coefficient (Wildman–Crippen LogP) is 3.85. The Morgan fingerprint density at radius 2 is 1.89 bits per heavy atom. The highest BCUT2D eigenvalue weighted by Crippen LogP contribution is 2.20. The summed E-state index contributed by atoms with van der Waals surface area (Å²) in [6.07, 6.45) is 1.88. The van der Waals surface area contributed by atoms with Gasteiger partial charge in [-0.1, -0.05) is 48.0 Å². The summed E-state index contributed by atoms with van der Waals surface area (Å²) < 4.78 is 0. The SMILES string of the molecule is CCC(CC)(CBr)NC(=O)CSc1ccccc1. The minimum atomic E-state index is -0.103. The Morgan fingerprint density at radius 3 is 2.39 bits per heavy atom. The van der Waals surface area contributed by atoms with Gasteiger partial charge in [-0.15, -0.1) is 11.8 Å². The van der Waals surface area contributed by atoms with Crippen LogP contribution >= 0.6 is 27.7 Å². The van der Waals surface area contributed by atoms with Crippen LogP contribution in [0.4, 0.5) is 0 Å². The van der Waals surface area contributed by atoms with Gasteiger partial charge in [-0.25, -0.2) is 0 Å². The van der Waals surface area contributed by atoms with Crippen molar-refractivity contribution in [2.75, 3.05) is 11.1 Å². The van der Waals surface area contributed by atoms with E-state index >= 15 is 0 Å². The number of hydrogen-bond acceptors (Lipinski definition) is 2. The van der Waals surface area contributed by atoms with Gasteiger partial charge in [-0.05, 0) is 25.0 Å². The zero-order valence-electron chi connectivity index (χ0n) is 10.9. The lowest BCUT2D eigenvalue weighted by molar-refractivity contribution is -0.120. The summed E-state index contributed by atoms with van der Waals surface area (Å²) >= 11 is 5.07. The fourth-order valence-corrected chi connectivity index (χ4v) is 3.30. The molecule has 0 heterocycles. The first-order valence-corrected chi connectivity index (χ1v) is 8.31. The second kappa shape index (κ2) is 7.85. The van der Waals surface area contributed by atoms with Gasteiger partial charge in [0.25, 0.3) is 0 Å². The molecule has 0 fully saturated rings. The predicted molar refractivity (Wildman–Crippen MR) is 82.4 cm³/mol. The molecule has 2 nitrogen and oxygen atoms in total. The maximum absolute atomic E-state index is 12.0. The quantitative estimate of drug-likeness (QED) is 0.608. The molecule has 0 bridgehead atoms. The summed E-state index contributed by atoms with van der Waals surface area (Å²) in [5.74, 6) is 0.575. The van der Waals surface area contributed by atoms with E-state index in [1.54, 1.807) is 11.8 Å². The first-order valence-electron chi connectivity index (χ1n) is 6.20. The van der Waals surface area contributed by atoms with Crippen molar-refractivity contribution in [1.29, 1.82) is 0 Å². The standard InChI is InChI=1S/C14H20BrNOS/c1-3-14(4-2,11-15)16-13(17)10-18-12-8-6-5-7-9-12/h5-9H,3-4,10-11H2,1-2H3,(H,16,17). The molecule has 0 aliphatic carbocycles. The molecule has 0 aromatic heterocycles. The molecule has 1 rings (SSSR count). The maximum atomic E-state index is 12.0. The third kappa shape index (κ3) is 4.65. The van der Waals surface area contributed by atoms with Crippen LogP contribution < -0.4 is 5.32 Å². The number of carbonyl (C=O) groups excluding carboxylic acids is 1. The number of benzene rings is 1. The van der Waals surface area contributed by atoms with Crippen molar-refractivity contribution in [2.24, 2.45) is 0 Å².